The number of sulfonamides is 1. The van der Waals surface area contributed by atoms with Crippen LogP contribution in [0, 0.1) is 11.8 Å². The second-order valence-electron chi connectivity index (χ2n) is 6.29. The van der Waals surface area contributed by atoms with Crippen molar-refractivity contribution in [1.82, 2.24) is 4.31 Å². The predicted octanol–water partition coefficient (Wildman–Crippen LogP) is 2.11. The van der Waals surface area contributed by atoms with Gasteiger partial charge >= 0.3 is 5.97 Å². The average Bonchev–Trinajstić information content (AvgIpc) is 3.04. The molecular weight excluding hydrogens is 310 g/mol. The van der Waals surface area contributed by atoms with E-state index >= 15 is 0 Å². The zero-order valence-corrected chi connectivity index (χ0v) is 13.1. The number of thiophene rings is 1. The summed E-state index contributed by atoms with van der Waals surface area (Å²) in [6.45, 7) is 0.362. The first-order valence-corrected chi connectivity index (χ1v) is 9.58. The van der Waals surface area contributed by atoms with Gasteiger partial charge in [-0.3, -0.25) is 4.79 Å². The molecule has 1 N–H and O–H groups in total. The standard InChI is InChI=1S/C14H17NO4S2/c16-14(17)13-10-4-3-9(10)7-15(13)21(18,19)12-6-5-11(20-12)8-1-2-8/h5-6,8-10,13H,1-4,7H2,(H,16,17)/t9-,10-,13-/m0/s1. The van der Waals surface area contributed by atoms with Crippen molar-refractivity contribution in [3.63, 3.8) is 0 Å². The van der Waals surface area contributed by atoms with Crippen LogP contribution in [0.15, 0.2) is 16.3 Å². The zero-order chi connectivity index (χ0) is 14.8. The zero-order valence-electron chi connectivity index (χ0n) is 11.4. The summed E-state index contributed by atoms with van der Waals surface area (Å²) < 4.78 is 27.1. The lowest BCUT2D eigenvalue weighted by atomic mass is 9.73. The van der Waals surface area contributed by atoms with Crippen LogP contribution in [0.3, 0.4) is 0 Å². The van der Waals surface area contributed by atoms with Crippen LogP contribution < -0.4 is 0 Å². The van der Waals surface area contributed by atoms with E-state index in [1.807, 2.05) is 6.07 Å². The number of carboxylic acid groups (broad SMARTS) is 1. The van der Waals surface area contributed by atoms with Crippen molar-refractivity contribution >= 4 is 27.3 Å². The summed E-state index contributed by atoms with van der Waals surface area (Å²) in [4.78, 5) is 12.6. The molecule has 3 fully saturated rings. The van der Waals surface area contributed by atoms with Crippen molar-refractivity contribution in [2.75, 3.05) is 6.54 Å². The van der Waals surface area contributed by atoms with E-state index in [0.717, 1.165) is 30.6 Å². The molecule has 3 aliphatic rings. The maximum Gasteiger partial charge on any atom is 0.322 e. The van der Waals surface area contributed by atoms with Gasteiger partial charge in [-0.1, -0.05) is 0 Å². The van der Waals surface area contributed by atoms with Gasteiger partial charge in [-0.15, -0.1) is 11.3 Å². The number of fused-ring (bicyclic) bond motifs is 1. The molecule has 0 amide bonds. The van der Waals surface area contributed by atoms with E-state index in [2.05, 4.69) is 0 Å². The van der Waals surface area contributed by atoms with Crippen molar-refractivity contribution in [3.05, 3.63) is 17.0 Å². The van der Waals surface area contributed by atoms with Gasteiger partial charge in [0, 0.05) is 11.4 Å². The van der Waals surface area contributed by atoms with Gasteiger partial charge < -0.3 is 5.11 Å². The molecule has 4 rings (SSSR count). The monoisotopic (exact) mass is 327 g/mol. The molecule has 5 nitrogen and oxygen atoms in total. The Labute approximate surface area is 127 Å². The highest BCUT2D eigenvalue weighted by atomic mass is 32.2. The van der Waals surface area contributed by atoms with Gasteiger partial charge in [0.05, 0.1) is 0 Å². The first-order chi connectivity index (χ1) is 9.98. The largest absolute Gasteiger partial charge is 0.480 e. The summed E-state index contributed by atoms with van der Waals surface area (Å²) in [6, 6.07) is 2.66. The maximum absolute atomic E-state index is 12.8. The fraction of sp³-hybridized carbons (Fsp3) is 0.643. The van der Waals surface area contributed by atoms with Gasteiger partial charge in [-0.25, -0.2) is 8.42 Å². The van der Waals surface area contributed by atoms with Crippen LogP contribution in [0.2, 0.25) is 0 Å². The lowest BCUT2D eigenvalue weighted by molar-refractivity contribution is -0.142. The van der Waals surface area contributed by atoms with Crippen LogP contribution in [0.25, 0.3) is 0 Å². The Bertz CT molecular complexity index is 692. The number of carbonyl (C=O) groups is 1. The van der Waals surface area contributed by atoms with Crippen LogP contribution in [-0.4, -0.2) is 36.4 Å². The van der Waals surface area contributed by atoms with Crippen LogP contribution in [-0.2, 0) is 14.8 Å². The lowest BCUT2D eigenvalue weighted by Crippen LogP contribution is -2.43. The predicted molar refractivity (Wildman–Crippen MR) is 77.8 cm³/mol. The van der Waals surface area contributed by atoms with E-state index in [-0.39, 0.29) is 11.8 Å². The highest BCUT2D eigenvalue weighted by molar-refractivity contribution is 7.91. The van der Waals surface area contributed by atoms with Crippen LogP contribution in [0.5, 0.6) is 0 Å². The Morgan fingerprint density at radius 3 is 2.57 bits per heavy atom. The van der Waals surface area contributed by atoms with Gasteiger partial charge in [-0.05, 0) is 55.6 Å². The van der Waals surface area contributed by atoms with Crippen LogP contribution in [0.4, 0.5) is 0 Å². The number of aliphatic carboxylic acids is 1. The quantitative estimate of drug-likeness (QED) is 0.919. The minimum Gasteiger partial charge on any atom is -0.480 e. The summed E-state index contributed by atoms with van der Waals surface area (Å²) in [5.41, 5.74) is 0. The Morgan fingerprint density at radius 2 is 2.00 bits per heavy atom. The molecule has 2 heterocycles. The third-order valence-corrected chi connectivity index (χ3v) is 8.57. The minimum atomic E-state index is -3.67. The molecular formula is C14H17NO4S2. The number of nitrogens with zero attached hydrogens (tertiary/aromatic N) is 1. The molecule has 1 aromatic rings. The van der Waals surface area contributed by atoms with Crippen molar-refractivity contribution in [2.45, 2.75) is 41.9 Å². The normalized spacial score (nSPS) is 32.7. The summed E-state index contributed by atoms with van der Waals surface area (Å²) in [5, 5.41) is 9.42. The van der Waals surface area contributed by atoms with Crippen molar-refractivity contribution in [1.29, 1.82) is 0 Å². The molecule has 21 heavy (non-hydrogen) atoms. The highest BCUT2D eigenvalue weighted by Crippen LogP contribution is 2.48. The third-order valence-electron chi connectivity index (χ3n) is 5.00. The third kappa shape index (κ3) is 2.05. The molecule has 2 saturated carbocycles. The fourth-order valence-electron chi connectivity index (χ4n) is 3.53. The summed E-state index contributed by atoms with van der Waals surface area (Å²) in [7, 11) is -3.67. The molecule has 0 aromatic carbocycles. The Balaban J connectivity index is 1.67. The summed E-state index contributed by atoms with van der Waals surface area (Å²) >= 11 is 1.31. The van der Waals surface area contributed by atoms with Crippen LogP contribution in [0.1, 0.15) is 36.5 Å². The van der Waals surface area contributed by atoms with E-state index in [4.69, 9.17) is 0 Å². The van der Waals surface area contributed by atoms with Crippen LogP contribution >= 0.6 is 11.3 Å². The summed E-state index contributed by atoms with van der Waals surface area (Å²) in [6.07, 6.45) is 4.03. The van der Waals surface area contributed by atoms with Crippen molar-refractivity contribution in [3.8, 4) is 0 Å². The molecule has 0 radical (unpaired) electrons. The van der Waals surface area contributed by atoms with Gasteiger partial charge in [0.25, 0.3) is 10.0 Å². The minimum absolute atomic E-state index is 0.000129. The Hall–Kier alpha value is -0.920. The van der Waals surface area contributed by atoms with E-state index in [1.54, 1.807) is 6.07 Å². The van der Waals surface area contributed by atoms with Gasteiger partial charge in [0.15, 0.2) is 0 Å². The van der Waals surface area contributed by atoms with Crippen molar-refractivity contribution < 1.29 is 18.3 Å². The number of carboxylic acids is 1. The number of hydrogen-bond acceptors (Lipinski definition) is 4. The molecule has 2 aliphatic carbocycles. The Morgan fingerprint density at radius 1 is 1.24 bits per heavy atom. The second kappa shape index (κ2) is 4.54. The molecule has 1 aromatic heterocycles. The molecule has 0 spiro atoms. The van der Waals surface area contributed by atoms with Gasteiger partial charge in [0.2, 0.25) is 0 Å². The van der Waals surface area contributed by atoms with Gasteiger partial charge in [0.1, 0.15) is 10.3 Å². The maximum atomic E-state index is 12.8. The summed E-state index contributed by atoms with van der Waals surface area (Å²) in [5.74, 6) is -0.266. The fourth-order valence-corrected chi connectivity index (χ4v) is 6.83. The molecule has 0 bridgehead atoms. The van der Waals surface area contributed by atoms with E-state index < -0.39 is 22.0 Å². The highest BCUT2D eigenvalue weighted by Gasteiger charge is 2.54. The molecule has 1 aliphatic heterocycles. The van der Waals surface area contributed by atoms with E-state index in [1.165, 1.54) is 15.6 Å². The van der Waals surface area contributed by atoms with Gasteiger partial charge in [-0.2, -0.15) is 4.31 Å². The first kappa shape index (κ1) is 13.7. The van der Waals surface area contributed by atoms with E-state index in [0.29, 0.717) is 16.7 Å². The van der Waals surface area contributed by atoms with E-state index in [9.17, 15) is 18.3 Å². The number of hydrogen-bond donors (Lipinski definition) is 1. The lowest BCUT2D eigenvalue weighted by Gasteiger charge is -2.31. The first-order valence-electron chi connectivity index (χ1n) is 7.33. The average molecular weight is 327 g/mol. The molecule has 1 saturated heterocycles. The molecule has 114 valence electrons. The topological polar surface area (TPSA) is 74.7 Å². The molecule has 3 atom stereocenters. The SMILES string of the molecule is O=C(O)[C@@H]1[C@H]2CC[C@H]2CN1S(=O)(=O)c1ccc(C2CC2)s1. The number of rotatable bonds is 4. The molecule has 7 heteroatoms. The Kier molecular flexibility index (Phi) is 2.96. The smallest absolute Gasteiger partial charge is 0.322 e. The second-order valence-corrected chi connectivity index (χ2v) is 9.52. The molecule has 0 unspecified atom stereocenters. The van der Waals surface area contributed by atoms with Crippen molar-refractivity contribution in [2.24, 2.45) is 11.8 Å².